The van der Waals surface area contributed by atoms with E-state index in [2.05, 4.69) is 6.58 Å². The molecule has 0 bridgehead atoms. The molecule has 1 atom stereocenters. The van der Waals surface area contributed by atoms with Gasteiger partial charge in [-0.15, -0.1) is 0 Å². The van der Waals surface area contributed by atoms with Crippen LogP contribution in [0.15, 0.2) is 66.7 Å². The second-order valence-corrected chi connectivity index (χ2v) is 5.82. The molecule has 0 aromatic heterocycles. The van der Waals surface area contributed by atoms with Gasteiger partial charge >= 0.3 is 17.9 Å². The summed E-state index contributed by atoms with van der Waals surface area (Å²) in [5.74, 6) is -3.62. The van der Waals surface area contributed by atoms with Crippen molar-refractivity contribution in [2.75, 3.05) is 0 Å². The first kappa shape index (κ1) is 18.9. The first-order chi connectivity index (χ1) is 12.3. The molecule has 0 saturated heterocycles. The van der Waals surface area contributed by atoms with Gasteiger partial charge in [0.15, 0.2) is 0 Å². The van der Waals surface area contributed by atoms with Crippen molar-refractivity contribution in [1.82, 2.24) is 0 Å². The van der Waals surface area contributed by atoms with E-state index in [9.17, 15) is 24.6 Å². The van der Waals surface area contributed by atoms with Gasteiger partial charge in [0, 0.05) is 0 Å². The Morgan fingerprint density at radius 3 is 2.08 bits per heavy atom. The summed E-state index contributed by atoms with van der Waals surface area (Å²) in [6, 6.07) is 14.4. The lowest BCUT2D eigenvalue weighted by Gasteiger charge is -2.29. The number of carboxylic acids is 2. The highest BCUT2D eigenvalue weighted by molar-refractivity contribution is 6.02. The Bertz CT molecular complexity index is 838. The Labute approximate surface area is 150 Å². The maximum atomic E-state index is 12.4. The summed E-state index contributed by atoms with van der Waals surface area (Å²) in [6.07, 6.45) is -0.703. The van der Waals surface area contributed by atoms with Crippen molar-refractivity contribution in [3.8, 4) is 5.75 Å². The van der Waals surface area contributed by atoms with Crippen LogP contribution in [0.4, 0.5) is 0 Å². The first-order valence-corrected chi connectivity index (χ1v) is 7.76. The van der Waals surface area contributed by atoms with E-state index < -0.39 is 35.3 Å². The Balaban J connectivity index is 2.46. The number of hydrogen-bond donors (Lipinski definition) is 2. The average Bonchev–Trinajstić information content (AvgIpc) is 2.60. The highest BCUT2D eigenvalue weighted by atomic mass is 16.5. The van der Waals surface area contributed by atoms with Crippen LogP contribution in [0.5, 0.6) is 5.75 Å². The monoisotopic (exact) mass is 354 g/mol. The molecule has 0 saturated carbocycles. The van der Waals surface area contributed by atoms with Crippen molar-refractivity contribution in [2.45, 2.75) is 18.8 Å². The van der Waals surface area contributed by atoms with E-state index in [1.165, 1.54) is 24.3 Å². The molecular formula is C20H18O6. The van der Waals surface area contributed by atoms with Crippen molar-refractivity contribution in [2.24, 2.45) is 0 Å². The molecule has 2 N–H and O–H groups in total. The van der Waals surface area contributed by atoms with E-state index in [4.69, 9.17) is 4.74 Å². The lowest BCUT2D eigenvalue weighted by Crippen LogP contribution is -2.43. The number of rotatable bonds is 7. The van der Waals surface area contributed by atoms with Gasteiger partial charge in [-0.05, 0) is 24.6 Å². The van der Waals surface area contributed by atoms with Gasteiger partial charge in [-0.1, -0.05) is 54.6 Å². The molecule has 1 unspecified atom stereocenters. The normalized spacial score (nSPS) is 12.7. The van der Waals surface area contributed by atoms with Gasteiger partial charge < -0.3 is 14.9 Å². The third-order valence-corrected chi connectivity index (χ3v) is 4.07. The lowest BCUT2D eigenvalue weighted by atomic mass is 9.72. The number of aliphatic carboxylic acids is 2. The minimum absolute atomic E-state index is 0.146. The number of hydrogen-bond acceptors (Lipinski definition) is 4. The smallest absolute Gasteiger partial charge is 0.332 e. The van der Waals surface area contributed by atoms with Crippen molar-refractivity contribution < 1.29 is 29.3 Å². The molecule has 2 aromatic rings. The van der Waals surface area contributed by atoms with Crippen LogP contribution in [0, 0.1) is 6.92 Å². The molecule has 0 radical (unpaired) electrons. The van der Waals surface area contributed by atoms with Crippen molar-refractivity contribution in [1.29, 1.82) is 0 Å². The molecule has 6 heteroatoms. The highest BCUT2D eigenvalue weighted by Gasteiger charge is 2.48. The average molecular weight is 354 g/mol. The lowest BCUT2D eigenvalue weighted by molar-refractivity contribution is -0.149. The topological polar surface area (TPSA) is 101 Å². The highest BCUT2D eigenvalue weighted by Crippen LogP contribution is 2.36. The second kappa shape index (κ2) is 7.65. The van der Waals surface area contributed by atoms with Gasteiger partial charge in [-0.3, -0.25) is 9.59 Å². The molecule has 2 rings (SSSR count). The van der Waals surface area contributed by atoms with Crippen LogP contribution >= 0.6 is 0 Å². The maximum Gasteiger partial charge on any atom is 0.332 e. The number of benzene rings is 2. The van der Waals surface area contributed by atoms with Gasteiger partial charge in [-0.25, -0.2) is 4.79 Å². The van der Waals surface area contributed by atoms with E-state index in [0.29, 0.717) is 0 Å². The Morgan fingerprint density at radius 2 is 1.58 bits per heavy atom. The van der Waals surface area contributed by atoms with Crippen LogP contribution in [0.3, 0.4) is 0 Å². The molecule has 2 aromatic carbocycles. The summed E-state index contributed by atoms with van der Waals surface area (Å²) in [5.41, 5.74) is -1.74. The summed E-state index contributed by atoms with van der Waals surface area (Å²) < 4.78 is 5.16. The van der Waals surface area contributed by atoms with E-state index in [1.54, 1.807) is 30.3 Å². The number of aryl methyl sites for hydroxylation is 1. The van der Waals surface area contributed by atoms with Crippen LogP contribution < -0.4 is 4.74 Å². The predicted molar refractivity (Wildman–Crippen MR) is 94.0 cm³/mol. The van der Waals surface area contributed by atoms with Crippen molar-refractivity contribution >= 4 is 17.9 Å². The molecule has 0 heterocycles. The van der Waals surface area contributed by atoms with E-state index in [-0.39, 0.29) is 11.3 Å². The number of carboxylic acid groups (broad SMARTS) is 2. The minimum Gasteiger partial charge on any atom is -0.480 e. The minimum atomic E-state index is -2.13. The molecule has 0 amide bonds. The molecule has 134 valence electrons. The Hall–Kier alpha value is -3.41. The van der Waals surface area contributed by atoms with E-state index >= 15 is 0 Å². The predicted octanol–water partition coefficient (Wildman–Crippen LogP) is 2.95. The van der Waals surface area contributed by atoms with Gasteiger partial charge in [0.25, 0.3) is 0 Å². The zero-order valence-corrected chi connectivity index (χ0v) is 14.1. The van der Waals surface area contributed by atoms with Crippen LogP contribution in [0.1, 0.15) is 17.5 Å². The summed E-state index contributed by atoms with van der Waals surface area (Å²) in [4.78, 5) is 36.0. The summed E-state index contributed by atoms with van der Waals surface area (Å²) in [6.45, 7) is 5.23. The molecule has 0 aliphatic heterocycles. The summed E-state index contributed by atoms with van der Waals surface area (Å²) in [7, 11) is 0. The summed E-state index contributed by atoms with van der Waals surface area (Å²) >= 11 is 0. The number of carbonyl (C=O) groups is 3. The number of ether oxygens (including phenoxy) is 1. The molecule has 0 fully saturated rings. The number of para-hydroxylation sites is 1. The number of carbonyl (C=O) groups excluding carboxylic acids is 1. The van der Waals surface area contributed by atoms with E-state index in [1.807, 2.05) is 6.92 Å². The SMILES string of the molecule is C=C(C(=O)O)C(CC(=O)Oc1ccccc1)(C(=O)O)c1ccc(C)cc1. The summed E-state index contributed by atoms with van der Waals surface area (Å²) in [5, 5.41) is 19.2. The number of esters is 1. The fourth-order valence-electron chi connectivity index (χ4n) is 2.60. The quantitative estimate of drug-likeness (QED) is 0.450. The standard InChI is InChI=1S/C20H18O6/c1-13-8-10-15(11-9-13)20(19(24)25,14(2)18(22)23)12-17(21)26-16-6-4-3-5-7-16/h3-11H,2,12H2,1H3,(H,22,23)(H,24,25). The molecular weight excluding hydrogens is 336 g/mol. The van der Waals surface area contributed by atoms with Crippen molar-refractivity contribution in [3.05, 3.63) is 77.9 Å². The van der Waals surface area contributed by atoms with Crippen LogP contribution in [0.2, 0.25) is 0 Å². The molecule has 0 spiro atoms. The maximum absolute atomic E-state index is 12.4. The third kappa shape index (κ3) is 3.80. The fourth-order valence-corrected chi connectivity index (χ4v) is 2.60. The zero-order valence-electron chi connectivity index (χ0n) is 14.1. The van der Waals surface area contributed by atoms with E-state index in [0.717, 1.165) is 5.56 Å². The fraction of sp³-hybridized carbons (Fsp3) is 0.150. The molecule has 0 aliphatic rings. The molecule has 6 nitrogen and oxygen atoms in total. The zero-order chi connectivity index (χ0) is 19.3. The molecule has 26 heavy (non-hydrogen) atoms. The Morgan fingerprint density at radius 1 is 1.00 bits per heavy atom. The molecule has 0 aliphatic carbocycles. The van der Waals surface area contributed by atoms with Gasteiger partial charge in [0.05, 0.1) is 12.0 Å². The third-order valence-electron chi connectivity index (χ3n) is 4.07. The van der Waals surface area contributed by atoms with Gasteiger partial charge in [-0.2, -0.15) is 0 Å². The Kier molecular flexibility index (Phi) is 5.57. The van der Waals surface area contributed by atoms with Crippen LogP contribution in [-0.4, -0.2) is 28.1 Å². The van der Waals surface area contributed by atoms with Crippen molar-refractivity contribution in [3.63, 3.8) is 0 Å². The first-order valence-electron chi connectivity index (χ1n) is 7.76. The van der Waals surface area contributed by atoms with Gasteiger partial charge in [0.2, 0.25) is 0 Å². The van der Waals surface area contributed by atoms with Crippen LogP contribution in [0.25, 0.3) is 0 Å². The second-order valence-electron chi connectivity index (χ2n) is 5.82. The largest absolute Gasteiger partial charge is 0.480 e. The van der Waals surface area contributed by atoms with Gasteiger partial charge in [0.1, 0.15) is 11.2 Å². The van der Waals surface area contributed by atoms with Crippen LogP contribution in [-0.2, 0) is 19.8 Å².